The standard InChI is InChI=1S/C18H26FNO2/c1-2-3-5-17(21)13-20(14-18-6-4-11-22-18)12-15-7-9-16(19)10-8-15/h2,7-10,17-18,21H,1,3-6,11-14H2/t17-,18-/m0/s1. The average Bonchev–Trinajstić information content (AvgIpc) is 3.00. The van der Waals surface area contributed by atoms with E-state index >= 15 is 0 Å². The van der Waals surface area contributed by atoms with Crippen LogP contribution in [0.15, 0.2) is 36.9 Å². The second-order valence-electron chi connectivity index (χ2n) is 5.98. The van der Waals surface area contributed by atoms with Gasteiger partial charge >= 0.3 is 0 Å². The Kier molecular flexibility index (Phi) is 7.03. The number of allylic oxidation sites excluding steroid dienone is 1. The van der Waals surface area contributed by atoms with Crippen LogP contribution >= 0.6 is 0 Å². The SMILES string of the molecule is C=CCC[C@H](O)CN(Cc1ccc(F)cc1)C[C@@H]1CCCO1. The lowest BCUT2D eigenvalue weighted by molar-refractivity contribution is 0.0445. The molecule has 2 atom stereocenters. The van der Waals surface area contributed by atoms with Crippen LogP contribution in [0.5, 0.6) is 0 Å². The van der Waals surface area contributed by atoms with Crippen molar-refractivity contribution in [3.8, 4) is 0 Å². The molecule has 1 aliphatic rings. The summed E-state index contributed by atoms with van der Waals surface area (Å²) in [6, 6.07) is 6.56. The van der Waals surface area contributed by atoms with Gasteiger partial charge in [-0.15, -0.1) is 6.58 Å². The highest BCUT2D eigenvalue weighted by Gasteiger charge is 2.21. The zero-order valence-corrected chi connectivity index (χ0v) is 13.1. The first kappa shape index (κ1) is 17.1. The Morgan fingerprint density at radius 1 is 1.41 bits per heavy atom. The van der Waals surface area contributed by atoms with Gasteiger partial charge < -0.3 is 9.84 Å². The Hall–Kier alpha value is -1.23. The minimum atomic E-state index is -0.375. The van der Waals surface area contributed by atoms with Crippen molar-refractivity contribution in [2.75, 3.05) is 19.7 Å². The van der Waals surface area contributed by atoms with Crippen LogP contribution in [-0.4, -0.2) is 41.9 Å². The average molecular weight is 307 g/mol. The highest BCUT2D eigenvalue weighted by molar-refractivity contribution is 5.15. The lowest BCUT2D eigenvalue weighted by Crippen LogP contribution is -2.37. The summed E-state index contributed by atoms with van der Waals surface area (Å²) in [4.78, 5) is 2.21. The molecule has 0 aromatic heterocycles. The van der Waals surface area contributed by atoms with E-state index < -0.39 is 0 Å². The maximum absolute atomic E-state index is 13.0. The topological polar surface area (TPSA) is 32.7 Å². The van der Waals surface area contributed by atoms with Crippen molar-refractivity contribution in [3.63, 3.8) is 0 Å². The summed E-state index contributed by atoms with van der Waals surface area (Å²) >= 11 is 0. The molecule has 3 nitrogen and oxygen atoms in total. The smallest absolute Gasteiger partial charge is 0.123 e. The predicted octanol–water partition coefficient (Wildman–Crippen LogP) is 3.13. The van der Waals surface area contributed by atoms with Crippen molar-refractivity contribution in [2.45, 2.75) is 44.4 Å². The summed E-state index contributed by atoms with van der Waals surface area (Å²) < 4.78 is 18.7. The fraction of sp³-hybridized carbons (Fsp3) is 0.556. The first-order chi connectivity index (χ1) is 10.7. The van der Waals surface area contributed by atoms with Crippen LogP contribution in [0.3, 0.4) is 0 Å². The number of halogens is 1. The fourth-order valence-corrected chi connectivity index (χ4v) is 2.83. The normalized spacial score (nSPS) is 19.5. The van der Waals surface area contributed by atoms with Gasteiger partial charge in [0.05, 0.1) is 12.2 Å². The molecule has 22 heavy (non-hydrogen) atoms. The molecule has 1 N–H and O–H groups in total. The number of hydrogen-bond donors (Lipinski definition) is 1. The van der Waals surface area contributed by atoms with Gasteiger partial charge in [0.15, 0.2) is 0 Å². The molecule has 1 aromatic rings. The van der Waals surface area contributed by atoms with E-state index in [1.54, 1.807) is 12.1 Å². The molecule has 0 saturated carbocycles. The van der Waals surface area contributed by atoms with Crippen molar-refractivity contribution in [1.82, 2.24) is 4.90 Å². The van der Waals surface area contributed by atoms with Crippen LogP contribution in [0, 0.1) is 5.82 Å². The lowest BCUT2D eigenvalue weighted by atomic mass is 10.1. The first-order valence-corrected chi connectivity index (χ1v) is 8.04. The molecule has 0 bridgehead atoms. The maximum Gasteiger partial charge on any atom is 0.123 e. The van der Waals surface area contributed by atoms with Gasteiger partial charge in [0.2, 0.25) is 0 Å². The largest absolute Gasteiger partial charge is 0.392 e. The van der Waals surface area contributed by atoms with Crippen LogP contribution in [0.25, 0.3) is 0 Å². The third kappa shape index (κ3) is 5.87. The summed E-state index contributed by atoms with van der Waals surface area (Å²) in [6.45, 7) is 6.63. The summed E-state index contributed by atoms with van der Waals surface area (Å²) in [7, 11) is 0. The van der Waals surface area contributed by atoms with E-state index in [2.05, 4.69) is 11.5 Å². The van der Waals surface area contributed by atoms with E-state index in [0.717, 1.165) is 44.4 Å². The third-order valence-electron chi connectivity index (χ3n) is 3.98. The zero-order valence-electron chi connectivity index (χ0n) is 13.1. The molecular weight excluding hydrogens is 281 g/mol. The van der Waals surface area contributed by atoms with Crippen molar-refractivity contribution in [1.29, 1.82) is 0 Å². The van der Waals surface area contributed by atoms with E-state index in [1.807, 2.05) is 6.08 Å². The lowest BCUT2D eigenvalue weighted by Gasteiger charge is -2.27. The number of aliphatic hydroxyl groups is 1. The number of hydrogen-bond acceptors (Lipinski definition) is 3. The number of ether oxygens (including phenoxy) is 1. The molecule has 1 saturated heterocycles. The Labute approximate surface area is 132 Å². The third-order valence-corrected chi connectivity index (χ3v) is 3.98. The molecule has 122 valence electrons. The predicted molar refractivity (Wildman–Crippen MR) is 86.1 cm³/mol. The van der Waals surface area contributed by atoms with Gasteiger partial charge in [-0.2, -0.15) is 0 Å². The first-order valence-electron chi connectivity index (χ1n) is 8.04. The zero-order chi connectivity index (χ0) is 15.8. The molecule has 2 rings (SSSR count). The number of rotatable bonds is 9. The molecule has 0 unspecified atom stereocenters. The summed E-state index contributed by atoms with van der Waals surface area (Å²) in [6.07, 6.45) is 5.40. The summed E-state index contributed by atoms with van der Waals surface area (Å²) in [5, 5.41) is 10.2. The minimum absolute atomic E-state index is 0.222. The molecule has 0 spiro atoms. The van der Waals surface area contributed by atoms with Gasteiger partial charge in [0.25, 0.3) is 0 Å². The molecule has 0 amide bonds. The molecule has 0 aliphatic carbocycles. The molecule has 1 heterocycles. The van der Waals surface area contributed by atoms with E-state index in [-0.39, 0.29) is 18.0 Å². The van der Waals surface area contributed by atoms with Gasteiger partial charge in [-0.25, -0.2) is 4.39 Å². The van der Waals surface area contributed by atoms with E-state index in [9.17, 15) is 9.50 Å². The molecule has 4 heteroatoms. The van der Waals surface area contributed by atoms with Crippen LogP contribution in [0.2, 0.25) is 0 Å². The molecule has 1 aliphatic heterocycles. The van der Waals surface area contributed by atoms with Crippen molar-refractivity contribution in [3.05, 3.63) is 48.3 Å². The van der Waals surface area contributed by atoms with Crippen LogP contribution in [0.4, 0.5) is 4.39 Å². The fourth-order valence-electron chi connectivity index (χ4n) is 2.83. The van der Waals surface area contributed by atoms with E-state index in [1.165, 1.54) is 12.1 Å². The van der Waals surface area contributed by atoms with Crippen LogP contribution < -0.4 is 0 Å². The second kappa shape index (κ2) is 9.03. The molecule has 1 aromatic carbocycles. The minimum Gasteiger partial charge on any atom is -0.392 e. The van der Waals surface area contributed by atoms with E-state index in [0.29, 0.717) is 13.1 Å². The van der Waals surface area contributed by atoms with Crippen LogP contribution in [0.1, 0.15) is 31.2 Å². The molecule has 0 radical (unpaired) electrons. The van der Waals surface area contributed by atoms with Gasteiger partial charge in [-0.1, -0.05) is 18.2 Å². The Morgan fingerprint density at radius 2 is 2.18 bits per heavy atom. The Morgan fingerprint density at radius 3 is 2.82 bits per heavy atom. The second-order valence-corrected chi connectivity index (χ2v) is 5.98. The van der Waals surface area contributed by atoms with Gasteiger partial charge in [-0.3, -0.25) is 4.90 Å². The highest BCUT2D eigenvalue weighted by atomic mass is 19.1. The van der Waals surface area contributed by atoms with E-state index in [4.69, 9.17) is 4.74 Å². The molecular formula is C18H26FNO2. The van der Waals surface area contributed by atoms with Crippen molar-refractivity contribution < 1.29 is 14.2 Å². The Balaban J connectivity index is 1.93. The monoisotopic (exact) mass is 307 g/mol. The van der Waals surface area contributed by atoms with Crippen molar-refractivity contribution in [2.24, 2.45) is 0 Å². The Bertz CT molecular complexity index is 443. The summed E-state index contributed by atoms with van der Waals surface area (Å²) in [5.74, 6) is -0.222. The maximum atomic E-state index is 13.0. The number of aliphatic hydroxyl groups excluding tert-OH is 1. The molecule has 1 fully saturated rings. The van der Waals surface area contributed by atoms with Gasteiger partial charge in [0.1, 0.15) is 5.82 Å². The van der Waals surface area contributed by atoms with Crippen molar-refractivity contribution >= 4 is 0 Å². The highest BCUT2D eigenvalue weighted by Crippen LogP contribution is 2.16. The number of benzene rings is 1. The summed E-state index contributed by atoms with van der Waals surface area (Å²) in [5.41, 5.74) is 1.05. The van der Waals surface area contributed by atoms with Gasteiger partial charge in [-0.05, 0) is 43.4 Å². The quantitative estimate of drug-likeness (QED) is 0.712. The van der Waals surface area contributed by atoms with Gasteiger partial charge in [0, 0.05) is 26.2 Å². The van der Waals surface area contributed by atoms with Crippen LogP contribution in [-0.2, 0) is 11.3 Å². The number of nitrogens with zero attached hydrogens (tertiary/aromatic N) is 1.